The first-order valence-electron chi connectivity index (χ1n) is 12.9. The molecule has 174 valence electrons. The fourth-order valence-corrected chi connectivity index (χ4v) is 18.4. The molecule has 4 heteroatoms. The zero-order valence-corrected chi connectivity index (χ0v) is 23.6. The molecule has 0 atom stereocenters. The van der Waals surface area contributed by atoms with Crippen molar-refractivity contribution in [1.82, 2.24) is 4.57 Å². The fourth-order valence-electron chi connectivity index (χ4n) is 4.51. The number of aryl methyl sites for hydroxylation is 2. The van der Waals surface area contributed by atoms with Crippen LogP contribution < -0.4 is 4.57 Å². The predicted octanol–water partition coefficient (Wildman–Crippen LogP) is 7.53. The summed E-state index contributed by atoms with van der Waals surface area (Å²) in [6.07, 6.45) is 19.8. The average molecular weight is 541 g/mol. The van der Waals surface area contributed by atoms with Gasteiger partial charge in [-0.15, -0.1) is 0 Å². The second kappa shape index (κ2) is 15.3. The quantitative estimate of drug-likeness (QED) is 0.123. The molecule has 1 heterocycles. The normalized spacial score (nSPS) is 11.8. The topological polar surface area (TPSA) is 32.6 Å². The van der Waals surface area contributed by atoms with Gasteiger partial charge in [-0.1, -0.05) is 0 Å². The molecule has 3 nitrogen and oxygen atoms in total. The van der Waals surface area contributed by atoms with Crippen LogP contribution in [0.4, 0.5) is 0 Å². The Hall–Kier alpha value is -1.54. The Morgan fingerprint density at radius 1 is 0.906 bits per heavy atom. The van der Waals surface area contributed by atoms with Gasteiger partial charge in [0.05, 0.1) is 0 Å². The van der Waals surface area contributed by atoms with E-state index in [1.807, 2.05) is 12.1 Å². The molecular formula is C28H44N3Sn+. The van der Waals surface area contributed by atoms with Crippen molar-refractivity contribution in [2.75, 3.05) is 0 Å². The number of aromatic nitrogens is 2. The second-order valence-corrected chi connectivity index (χ2v) is 22.3. The van der Waals surface area contributed by atoms with E-state index in [0.717, 1.165) is 18.7 Å². The van der Waals surface area contributed by atoms with Gasteiger partial charge in [0.25, 0.3) is 0 Å². The summed E-state index contributed by atoms with van der Waals surface area (Å²) in [4.78, 5) is 0. The van der Waals surface area contributed by atoms with Crippen molar-refractivity contribution in [3.8, 4) is 6.07 Å². The molecule has 0 aliphatic heterocycles. The van der Waals surface area contributed by atoms with Crippen molar-refractivity contribution >= 4 is 24.5 Å². The van der Waals surface area contributed by atoms with Crippen molar-refractivity contribution in [3.63, 3.8) is 0 Å². The standard InChI is InChI=1S/C11H20N2.C9H6N.2C4H9.Sn/c1-3-5-6-7-8-13-10-9-12(4-2)11-13;1-2-8-3-5-9(7-10)6-4-8;2*1-3-4-2;/h9-11H,1,3-8H2,2H3;1-6H;2*1,3-4H2,2H3;/q+1;;;;. The summed E-state index contributed by atoms with van der Waals surface area (Å²) in [5.74, 6) is 0. The Morgan fingerprint density at radius 2 is 1.56 bits per heavy atom. The van der Waals surface area contributed by atoms with Crippen LogP contribution in [0, 0.1) is 11.3 Å². The molecular weight excluding hydrogens is 497 g/mol. The molecule has 1 aromatic carbocycles. The molecule has 0 unspecified atom stereocenters. The molecule has 0 radical (unpaired) electrons. The van der Waals surface area contributed by atoms with Gasteiger partial charge in [0.1, 0.15) is 0 Å². The van der Waals surface area contributed by atoms with E-state index in [-0.39, 0.29) is 0 Å². The number of hydrogen-bond donors (Lipinski definition) is 0. The first-order valence-corrected chi connectivity index (χ1v) is 20.6. The van der Waals surface area contributed by atoms with Crippen molar-refractivity contribution in [2.45, 2.75) is 98.5 Å². The van der Waals surface area contributed by atoms with Crippen LogP contribution >= 0.6 is 0 Å². The number of nitrogens with zero attached hydrogens (tertiary/aromatic N) is 3. The van der Waals surface area contributed by atoms with E-state index in [1.54, 1.807) is 0 Å². The SMILES string of the molecule is CCC[CH2][Sn](/[CH]=C/c1ccc(C#N)cc1)([CH2]CCC)[CH2]CCCCC[n+]1ccn(CC)c1. The van der Waals surface area contributed by atoms with Gasteiger partial charge in [-0.25, -0.2) is 0 Å². The van der Waals surface area contributed by atoms with Crippen LogP contribution in [0.1, 0.15) is 83.3 Å². The predicted molar refractivity (Wildman–Crippen MR) is 139 cm³/mol. The fraction of sp³-hybridized carbons (Fsp3) is 0.571. The van der Waals surface area contributed by atoms with Gasteiger partial charge in [0, 0.05) is 0 Å². The second-order valence-electron chi connectivity index (χ2n) is 9.28. The zero-order valence-electron chi connectivity index (χ0n) is 20.7. The molecule has 0 aliphatic rings. The van der Waals surface area contributed by atoms with Crippen molar-refractivity contribution in [3.05, 3.63) is 58.2 Å². The van der Waals surface area contributed by atoms with Crippen molar-refractivity contribution < 1.29 is 4.57 Å². The molecule has 0 saturated heterocycles. The summed E-state index contributed by atoms with van der Waals surface area (Å²) in [5, 5.41) is 9.06. The van der Waals surface area contributed by atoms with Crippen LogP contribution in [-0.4, -0.2) is 22.9 Å². The van der Waals surface area contributed by atoms with Gasteiger partial charge in [0.15, 0.2) is 0 Å². The number of unbranched alkanes of at least 4 members (excludes halogenated alkanes) is 5. The summed E-state index contributed by atoms with van der Waals surface area (Å²) in [6.45, 7) is 9.06. The Kier molecular flexibility index (Phi) is 12.8. The monoisotopic (exact) mass is 542 g/mol. The molecule has 0 amide bonds. The Bertz CT molecular complexity index is 821. The third kappa shape index (κ3) is 9.53. The van der Waals surface area contributed by atoms with E-state index in [0.29, 0.717) is 0 Å². The van der Waals surface area contributed by atoms with E-state index in [9.17, 15) is 0 Å². The van der Waals surface area contributed by atoms with E-state index < -0.39 is 18.4 Å². The van der Waals surface area contributed by atoms with Gasteiger partial charge in [-0.05, 0) is 0 Å². The number of hydrogen-bond acceptors (Lipinski definition) is 1. The molecule has 2 rings (SSSR count). The van der Waals surface area contributed by atoms with Crippen LogP contribution in [0.5, 0.6) is 0 Å². The number of nitriles is 1. The average Bonchev–Trinajstić information content (AvgIpc) is 3.30. The van der Waals surface area contributed by atoms with Crippen molar-refractivity contribution in [2.24, 2.45) is 0 Å². The first-order chi connectivity index (χ1) is 15.6. The summed E-state index contributed by atoms with van der Waals surface area (Å²) >= 11 is -2.31. The molecule has 0 bridgehead atoms. The summed E-state index contributed by atoms with van der Waals surface area (Å²) in [7, 11) is 0. The van der Waals surface area contributed by atoms with E-state index in [4.69, 9.17) is 5.26 Å². The Balaban J connectivity index is 1.92. The van der Waals surface area contributed by atoms with E-state index in [2.05, 4.69) is 77.0 Å². The minimum absolute atomic E-state index is 0.748. The summed E-state index contributed by atoms with van der Waals surface area (Å²) in [6, 6.07) is 10.3. The molecule has 0 fully saturated rings. The van der Waals surface area contributed by atoms with Gasteiger partial charge < -0.3 is 0 Å². The molecule has 0 spiro atoms. The van der Waals surface area contributed by atoms with Crippen molar-refractivity contribution in [1.29, 1.82) is 5.26 Å². The third-order valence-corrected chi connectivity index (χ3v) is 20.7. The van der Waals surface area contributed by atoms with Gasteiger partial charge in [-0.3, -0.25) is 0 Å². The summed E-state index contributed by atoms with van der Waals surface area (Å²) < 4.78 is 11.8. The molecule has 1 aromatic heterocycles. The van der Waals surface area contributed by atoms with Gasteiger partial charge in [-0.2, -0.15) is 0 Å². The molecule has 2 aromatic rings. The number of imidazole rings is 1. The molecule has 0 N–H and O–H groups in total. The number of benzene rings is 1. The third-order valence-electron chi connectivity index (χ3n) is 6.68. The van der Waals surface area contributed by atoms with E-state index >= 15 is 0 Å². The molecule has 32 heavy (non-hydrogen) atoms. The zero-order chi connectivity index (χ0) is 23.1. The first kappa shape index (κ1) is 26.7. The maximum atomic E-state index is 9.06. The van der Waals surface area contributed by atoms with Gasteiger partial charge >= 0.3 is 202 Å². The van der Waals surface area contributed by atoms with Crippen LogP contribution in [-0.2, 0) is 13.1 Å². The van der Waals surface area contributed by atoms with Gasteiger partial charge in [0.2, 0.25) is 0 Å². The van der Waals surface area contributed by atoms with Crippen LogP contribution in [0.2, 0.25) is 13.3 Å². The minimum atomic E-state index is -2.31. The molecule has 0 saturated carbocycles. The van der Waals surface area contributed by atoms with E-state index in [1.165, 1.54) is 70.2 Å². The maximum absolute atomic E-state index is 9.06. The Morgan fingerprint density at radius 3 is 2.16 bits per heavy atom. The summed E-state index contributed by atoms with van der Waals surface area (Å²) in [5.41, 5.74) is 2.01. The molecule has 0 aliphatic carbocycles. The Labute approximate surface area is 201 Å². The van der Waals surface area contributed by atoms with Crippen LogP contribution in [0.15, 0.2) is 47.1 Å². The van der Waals surface area contributed by atoms with Crippen LogP contribution in [0.3, 0.4) is 0 Å². The number of rotatable bonds is 16. The van der Waals surface area contributed by atoms with Crippen LogP contribution in [0.25, 0.3) is 6.08 Å².